The van der Waals surface area contributed by atoms with Gasteiger partial charge in [0.2, 0.25) is 5.91 Å². The molecule has 0 aromatic carbocycles. The minimum absolute atomic E-state index is 0.174. The average molecular weight is 486 g/mol. The van der Waals surface area contributed by atoms with Gasteiger partial charge in [-0.15, -0.1) is 11.3 Å². The molecule has 1 saturated carbocycles. The molecule has 1 fully saturated rings. The molecule has 0 spiro atoms. The van der Waals surface area contributed by atoms with Crippen LogP contribution in [0.25, 0.3) is 11.0 Å². The van der Waals surface area contributed by atoms with E-state index in [1.807, 2.05) is 30.2 Å². The van der Waals surface area contributed by atoms with E-state index in [0.29, 0.717) is 38.9 Å². The summed E-state index contributed by atoms with van der Waals surface area (Å²) in [6.07, 6.45) is 6.04. The Kier molecular flexibility index (Phi) is 5.95. The zero-order valence-corrected chi connectivity index (χ0v) is 20.3. The quantitative estimate of drug-likeness (QED) is 0.528. The second-order valence-electron chi connectivity index (χ2n) is 9.72. The van der Waals surface area contributed by atoms with Crippen LogP contribution in [-0.2, 0) is 29.1 Å². The van der Waals surface area contributed by atoms with E-state index in [4.69, 9.17) is 11.6 Å². The Hall–Kier alpha value is -2.38. The van der Waals surface area contributed by atoms with Crippen LogP contribution < -0.4 is 0 Å². The second-order valence-corrected chi connectivity index (χ2v) is 11.3. The molecule has 1 amide bonds. The number of carboxylic acid groups (broad SMARTS) is 1. The standard InChI is InChI=1S/C25H28ClN3O3S/c1-25(24(31)32)7-4-16(5-8-25)12-22(30)28-10-6-18-19-3-2-9-27-23(19)29(20(18)14-28)13-17-11-21(26)33-15-17/h2-3,9,11,15-16H,4-8,10,12-14H2,1H3,(H,31,32)/t16-,25-. The van der Waals surface area contributed by atoms with Crippen molar-refractivity contribution in [1.29, 1.82) is 0 Å². The lowest BCUT2D eigenvalue weighted by molar-refractivity contribution is -0.150. The minimum Gasteiger partial charge on any atom is -0.481 e. The molecule has 174 valence electrons. The number of aliphatic carboxylic acids is 1. The van der Waals surface area contributed by atoms with Crippen LogP contribution in [-0.4, -0.2) is 38.0 Å². The van der Waals surface area contributed by atoms with Gasteiger partial charge in [0.25, 0.3) is 0 Å². The Bertz CT molecular complexity index is 1210. The number of carbonyl (C=O) groups is 2. The van der Waals surface area contributed by atoms with E-state index in [1.54, 1.807) is 0 Å². The van der Waals surface area contributed by atoms with Gasteiger partial charge in [0.1, 0.15) is 5.65 Å². The number of rotatable bonds is 5. The van der Waals surface area contributed by atoms with Gasteiger partial charge in [0.15, 0.2) is 0 Å². The number of carbonyl (C=O) groups excluding carboxylic acids is 1. The van der Waals surface area contributed by atoms with Gasteiger partial charge >= 0.3 is 5.97 Å². The van der Waals surface area contributed by atoms with Crippen molar-refractivity contribution in [3.63, 3.8) is 0 Å². The molecular weight excluding hydrogens is 458 g/mol. The summed E-state index contributed by atoms with van der Waals surface area (Å²) in [5.41, 5.74) is 3.91. The second kappa shape index (κ2) is 8.76. The molecule has 0 saturated heterocycles. The number of hydrogen-bond donors (Lipinski definition) is 1. The highest BCUT2D eigenvalue weighted by Crippen LogP contribution is 2.40. The van der Waals surface area contributed by atoms with Crippen molar-refractivity contribution in [2.45, 2.75) is 58.5 Å². The van der Waals surface area contributed by atoms with E-state index in [0.717, 1.165) is 40.5 Å². The first kappa shape index (κ1) is 22.4. The summed E-state index contributed by atoms with van der Waals surface area (Å²) in [5, 5.41) is 12.7. The molecule has 0 unspecified atom stereocenters. The lowest BCUT2D eigenvalue weighted by atomic mass is 9.71. The molecule has 5 rings (SSSR count). The minimum atomic E-state index is -0.718. The van der Waals surface area contributed by atoms with Gasteiger partial charge in [-0.3, -0.25) is 9.59 Å². The van der Waals surface area contributed by atoms with Gasteiger partial charge in [-0.05, 0) is 79.7 Å². The number of nitrogens with zero attached hydrogens (tertiary/aromatic N) is 3. The highest BCUT2D eigenvalue weighted by Gasteiger charge is 2.38. The van der Waals surface area contributed by atoms with Crippen LogP contribution in [0.2, 0.25) is 4.34 Å². The number of aromatic nitrogens is 2. The number of halogens is 1. The molecular formula is C25H28ClN3O3S. The van der Waals surface area contributed by atoms with Crippen LogP contribution >= 0.6 is 22.9 Å². The molecule has 0 radical (unpaired) electrons. The number of fused-ring (bicyclic) bond motifs is 3. The van der Waals surface area contributed by atoms with Gasteiger partial charge in [-0.1, -0.05) is 11.6 Å². The summed E-state index contributed by atoms with van der Waals surface area (Å²) in [5.74, 6) is -0.274. The maximum Gasteiger partial charge on any atom is 0.309 e. The largest absolute Gasteiger partial charge is 0.481 e. The Balaban J connectivity index is 1.34. The monoisotopic (exact) mass is 485 g/mol. The molecule has 0 bridgehead atoms. The number of thiophene rings is 1. The Morgan fingerprint density at radius 2 is 2.12 bits per heavy atom. The van der Waals surface area contributed by atoms with E-state index in [-0.39, 0.29) is 11.8 Å². The lowest BCUT2D eigenvalue weighted by Gasteiger charge is -2.35. The highest BCUT2D eigenvalue weighted by atomic mass is 35.5. The van der Waals surface area contributed by atoms with E-state index in [9.17, 15) is 14.7 Å². The van der Waals surface area contributed by atoms with Gasteiger partial charge in [0, 0.05) is 30.2 Å². The number of amides is 1. The summed E-state index contributed by atoms with van der Waals surface area (Å²) in [6, 6.07) is 6.09. The number of pyridine rings is 1. The molecule has 1 aliphatic carbocycles. The predicted molar refractivity (Wildman–Crippen MR) is 130 cm³/mol. The third kappa shape index (κ3) is 4.28. The van der Waals surface area contributed by atoms with Crippen molar-refractivity contribution < 1.29 is 14.7 Å². The number of hydrogen-bond acceptors (Lipinski definition) is 4. The summed E-state index contributed by atoms with van der Waals surface area (Å²) < 4.78 is 3.01. The van der Waals surface area contributed by atoms with Gasteiger partial charge in [0.05, 0.1) is 22.8 Å². The van der Waals surface area contributed by atoms with Crippen molar-refractivity contribution in [3.8, 4) is 0 Å². The van der Waals surface area contributed by atoms with Crippen molar-refractivity contribution in [3.05, 3.63) is 50.9 Å². The topological polar surface area (TPSA) is 75.4 Å². The maximum atomic E-state index is 13.2. The summed E-state index contributed by atoms with van der Waals surface area (Å²) >= 11 is 7.69. The fraction of sp³-hybridized carbons (Fsp3) is 0.480. The lowest BCUT2D eigenvalue weighted by Crippen LogP contribution is -2.39. The van der Waals surface area contributed by atoms with Crippen LogP contribution in [0.5, 0.6) is 0 Å². The van der Waals surface area contributed by atoms with E-state index < -0.39 is 11.4 Å². The smallest absolute Gasteiger partial charge is 0.309 e. The normalized spacial score (nSPS) is 23.0. The fourth-order valence-electron chi connectivity index (χ4n) is 5.36. The molecule has 3 aromatic rings. The van der Waals surface area contributed by atoms with Crippen LogP contribution in [0.3, 0.4) is 0 Å². The SMILES string of the molecule is C[C@]1(C(=O)O)CC[C@H](CC(=O)N2CCc3c(n(Cc4csc(Cl)c4)c4ncccc34)C2)CC1. The fourth-order valence-corrected chi connectivity index (χ4v) is 6.26. The van der Waals surface area contributed by atoms with Crippen LogP contribution in [0, 0.1) is 11.3 Å². The van der Waals surface area contributed by atoms with E-state index >= 15 is 0 Å². The number of carboxylic acids is 1. The first-order valence-electron chi connectivity index (χ1n) is 11.5. The molecule has 1 aliphatic heterocycles. The van der Waals surface area contributed by atoms with Crippen molar-refractivity contribution in [1.82, 2.24) is 14.5 Å². The third-order valence-electron chi connectivity index (χ3n) is 7.52. The van der Waals surface area contributed by atoms with Crippen LogP contribution in [0.15, 0.2) is 29.8 Å². The summed E-state index contributed by atoms with van der Waals surface area (Å²) in [4.78, 5) is 31.4. The summed E-state index contributed by atoms with van der Waals surface area (Å²) in [7, 11) is 0. The average Bonchev–Trinajstić information content (AvgIpc) is 3.36. The third-order valence-corrected chi connectivity index (χ3v) is 8.66. The van der Waals surface area contributed by atoms with Crippen molar-refractivity contribution in [2.24, 2.45) is 11.3 Å². The van der Waals surface area contributed by atoms with Gasteiger partial charge in [-0.2, -0.15) is 0 Å². The predicted octanol–water partition coefficient (Wildman–Crippen LogP) is 5.36. The Morgan fingerprint density at radius 3 is 2.82 bits per heavy atom. The molecule has 6 nitrogen and oxygen atoms in total. The summed E-state index contributed by atoms with van der Waals surface area (Å²) in [6.45, 7) is 3.81. The van der Waals surface area contributed by atoms with Crippen molar-refractivity contribution >= 4 is 45.8 Å². The first-order valence-corrected chi connectivity index (χ1v) is 12.8. The molecule has 3 aromatic heterocycles. The molecule has 33 heavy (non-hydrogen) atoms. The van der Waals surface area contributed by atoms with E-state index in [1.165, 1.54) is 22.3 Å². The maximum absolute atomic E-state index is 13.2. The van der Waals surface area contributed by atoms with Crippen molar-refractivity contribution in [2.75, 3.05) is 6.54 Å². The zero-order chi connectivity index (χ0) is 23.2. The molecule has 8 heteroatoms. The zero-order valence-electron chi connectivity index (χ0n) is 18.7. The molecule has 4 heterocycles. The Labute approximate surface area is 202 Å². The first-order chi connectivity index (χ1) is 15.8. The van der Waals surface area contributed by atoms with E-state index in [2.05, 4.69) is 21.0 Å². The highest BCUT2D eigenvalue weighted by molar-refractivity contribution is 7.14. The van der Waals surface area contributed by atoms with Gasteiger partial charge < -0.3 is 14.6 Å². The molecule has 1 N–H and O–H groups in total. The molecule has 2 aliphatic rings. The molecule has 0 atom stereocenters. The van der Waals surface area contributed by atoms with Crippen LogP contribution in [0.1, 0.15) is 55.8 Å². The Morgan fingerprint density at radius 1 is 1.33 bits per heavy atom. The van der Waals surface area contributed by atoms with Gasteiger partial charge in [-0.25, -0.2) is 4.98 Å². The van der Waals surface area contributed by atoms with Crippen LogP contribution in [0.4, 0.5) is 0 Å².